The number of nitrogens with zero attached hydrogens (tertiary/aromatic N) is 4. The number of rotatable bonds is 6. The van der Waals surface area contributed by atoms with Crippen LogP contribution in [0.15, 0.2) is 47.4 Å². The van der Waals surface area contributed by atoms with Crippen molar-refractivity contribution < 1.29 is 13.2 Å². The Morgan fingerprint density at radius 2 is 1.81 bits per heavy atom. The number of aryl methyl sites for hydroxylation is 1. The zero-order chi connectivity index (χ0) is 23.3. The topological polar surface area (TPSA) is 96.7 Å². The lowest BCUT2D eigenvalue weighted by Crippen LogP contribution is -2.36. The van der Waals surface area contributed by atoms with Crippen molar-refractivity contribution in [1.29, 1.82) is 5.26 Å². The Kier molecular flexibility index (Phi) is 7.51. The van der Waals surface area contributed by atoms with Crippen molar-refractivity contribution in [2.45, 2.75) is 18.2 Å². The maximum atomic E-state index is 12.6. The van der Waals surface area contributed by atoms with Crippen LogP contribution >= 0.6 is 0 Å². The monoisotopic (exact) mass is 455 g/mol. The predicted molar refractivity (Wildman–Crippen MR) is 125 cm³/mol. The Morgan fingerprint density at radius 1 is 1.09 bits per heavy atom. The number of sulfonamides is 1. The Morgan fingerprint density at radius 3 is 2.47 bits per heavy atom. The number of nitrogens with one attached hydrogen (secondary N) is 1. The summed E-state index contributed by atoms with van der Waals surface area (Å²) >= 11 is 0. The van der Waals surface area contributed by atoms with Crippen molar-refractivity contribution in [3.8, 4) is 6.07 Å². The van der Waals surface area contributed by atoms with Gasteiger partial charge in [0.2, 0.25) is 15.9 Å². The number of anilines is 2. The minimum Gasteiger partial charge on any atom is -0.370 e. The van der Waals surface area contributed by atoms with Crippen LogP contribution in [-0.2, 0) is 14.8 Å². The first-order valence-electron chi connectivity index (χ1n) is 10.5. The van der Waals surface area contributed by atoms with Gasteiger partial charge in [0, 0.05) is 51.6 Å². The summed E-state index contributed by atoms with van der Waals surface area (Å²) < 4.78 is 26.2. The molecule has 0 spiro atoms. The molecule has 0 aliphatic carbocycles. The minimum absolute atomic E-state index is 0.172. The van der Waals surface area contributed by atoms with Gasteiger partial charge in [-0.25, -0.2) is 12.7 Å². The second-order valence-corrected chi connectivity index (χ2v) is 10.2. The van der Waals surface area contributed by atoms with Crippen LogP contribution in [0.1, 0.15) is 17.5 Å². The Labute approximate surface area is 190 Å². The van der Waals surface area contributed by atoms with Crippen molar-refractivity contribution in [3.05, 3.63) is 53.6 Å². The van der Waals surface area contributed by atoms with E-state index in [1.54, 1.807) is 19.1 Å². The first-order chi connectivity index (χ1) is 15.2. The number of benzene rings is 2. The molecule has 1 aliphatic heterocycles. The van der Waals surface area contributed by atoms with Gasteiger partial charge >= 0.3 is 0 Å². The van der Waals surface area contributed by atoms with E-state index in [4.69, 9.17) is 5.26 Å². The second-order valence-electron chi connectivity index (χ2n) is 8.09. The lowest BCUT2D eigenvalue weighted by molar-refractivity contribution is -0.117. The van der Waals surface area contributed by atoms with Crippen molar-refractivity contribution >= 4 is 27.3 Å². The highest BCUT2D eigenvalue weighted by atomic mass is 32.2. The molecular formula is C23H29N5O3S. The number of amides is 1. The average Bonchev–Trinajstić information content (AvgIpc) is 3.00. The molecule has 0 atom stereocenters. The zero-order valence-corrected chi connectivity index (χ0v) is 19.5. The number of carbonyl (C=O) groups is 1. The van der Waals surface area contributed by atoms with Gasteiger partial charge < -0.3 is 10.2 Å². The molecule has 0 bridgehead atoms. The molecule has 8 nitrogen and oxygen atoms in total. The highest BCUT2D eigenvalue weighted by Crippen LogP contribution is 2.22. The van der Waals surface area contributed by atoms with Gasteiger partial charge in [-0.05, 0) is 55.3 Å². The third-order valence-electron chi connectivity index (χ3n) is 5.55. The largest absolute Gasteiger partial charge is 0.370 e. The summed E-state index contributed by atoms with van der Waals surface area (Å²) in [5.74, 6) is -0.172. The van der Waals surface area contributed by atoms with E-state index in [-0.39, 0.29) is 17.3 Å². The second kappa shape index (κ2) is 10.1. The van der Waals surface area contributed by atoms with Crippen LogP contribution in [0.4, 0.5) is 11.4 Å². The number of hydrogen-bond donors (Lipinski definition) is 1. The van der Waals surface area contributed by atoms with Crippen molar-refractivity contribution in [2.75, 3.05) is 57.0 Å². The van der Waals surface area contributed by atoms with Crippen LogP contribution in [0.5, 0.6) is 0 Å². The third-order valence-corrected chi connectivity index (χ3v) is 7.50. The van der Waals surface area contributed by atoms with Gasteiger partial charge in [0.25, 0.3) is 0 Å². The average molecular weight is 456 g/mol. The van der Waals surface area contributed by atoms with Crippen LogP contribution in [-0.4, -0.2) is 70.3 Å². The molecule has 2 aromatic rings. The maximum Gasteiger partial charge on any atom is 0.242 e. The van der Waals surface area contributed by atoms with Gasteiger partial charge in [-0.15, -0.1) is 0 Å². The smallest absolute Gasteiger partial charge is 0.242 e. The van der Waals surface area contributed by atoms with Gasteiger partial charge in [-0.1, -0.05) is 6.07 Å². The molecule has 1 aliphatic rings. The normalized spacial score (nSPS) is 15.3. The standard InChI is InChI=1S/C23H29N5O3S/c1-18-5-8-20(15-22(18)32(30,31)26(2)3)25-23(29)17-27-11-4-12-28(14-13-27)21-9-6-19(16-24)7-10-21/h5-10,15H,4,11-14,17H2,1-3H3,(H,25,29). The molecule has 1 heterocycles. The summed E-state index contributed by atoms with van der Waals surface area (Å²) in [5.41, 5.74) is 2.81. The van der Waals surface area contributed by atoms with E-state index in [2.05, 4.69) is 21.2 Å². The number of hydrogen-bond acceptors (Lipinski definition) is 6. The fourth-order valence-electron chi connectivity index (χ4n) is 3.69. The molecule has 0 radical (unpaired) electrons. The molecule has 1 amide bonds. The van der Waals surface area contributed by atoms with E-state index in [1.165, 1.54) is 20.2 Å². The third kappa shape index (κ3) is 5.65. The van der Waals surface area contributed by atoms with Crippen LogP contribution in [0.3, 0.4) is 0 Å². The first kappa shape index (κ1) is 23.7. The minimum atomic E-state index is -3.59. The summed E-state index contributed by atoms with van der Waals surface area (Å²) in [7, 11) is -0.613. The summed E-state index contributed by atoms with van der Waals surface area (Å²) in [6, 6.07) is 14.6. The van der Waals surface area contributed by atoms with E-state index in [0.717, 1.165) is 42.6 Å². The molecule has 3 rings (SSSR count). The van der Waals surface area contributed by atoms with Gasteiger partial charge in [0.1, 0.15) is 0 Å². The molecule has 1 N–H and O–H groups in total. The fraction of sp³-hybridized carbons (Fsp3) is 0.391. The van der Waals surface area contributed by atoms with E-state index >= 15 is 0 Å². The number of nitriles is 1. The summed E-state index contributed by atoms with van der Waals surface area (Å²) in [5, 5.41) is 11.8. The molecule has 32 heavy (non-hydrogen) atoms. The highest BCUT2D eigenvalue weighted by molar-refractivity contribution is 7.89. The van der Waals surface area contributed by atoms with Gasteiger partial charge in [-0.3, -0.25) is 9.69 Å². The highest BCUT2D eigenvalue weighted by Gasteiger charge is 2.21. The molecule has 170 valence electrons. The van der Waals surface area contributed by atoms with Crippen molar-refractivity contribution in [2.24, 2.45) is 0 Å². The van der Waals surface area contributed by atoms with E-state index in [9.17, 15) is 13.2 Å². The maximum absolute atomic E-state index is 12.6. The van der Waals surface area contributed by atoms with E-state index in [0.29, 0.717) is 16.8 Å². The van der Waals surface area contributed by atoms with E-state index < -0.39 is 10.0 Å². The van der Waals surface area contributed by atoms with Gasteiger partial charge in [0.05, 0.1) is 23.1 Å². The molecule has 0 saturated carbocycles. The Balaban J connectivity index is 1.60. The molecule has 0 aromatic heterocycles. The molecule has 1 fully saturated rings. The van der Waals surface area contributed by atoms with Crippen molar-refractivity contribution in [1.82, 2.24) is 9.21 Å². The SMILES string of the molecule is Cc1ccc(NC(=O)CN2CCCN(c3ccc(C#N)cc3)CC2)cc1S(=O)(=O)N(C)C. The fourth-order valence-corrected chi connectivity index (χ4v) is 4.83. The molecule has 2 aromatic carbocycles. The quantitative estimate of drug-likeness (QED) is 0.718. The molecular weight excluding hydrogens is 426 g/mol. The zero-order valence-electron chi connectivity index (χ0n) is 18.7. The Hall–Kier alpha value is -2.93. The molecule has 1 saturated heterocycles. The van der Waals surface area contributed by atoms with Gasteiger partial charge in [0.15, 0.2) is 0 Å². The van der Waals surface area contributed by atoms with Crippen LogP contribution < -0.4 is 10.2 Å². The van der Waals surface area contributed by atoms with Gasteiger partial charge in [-0.2, -0.15) is 5.26 Å². The molecule has 0 unspecified atom stereocenters. The predicted octanol–water partition coefficient (Wildman–Crippen LogP) is 2.27. The van der Waals surface area contributed by atoms with Crippen molar-refractivity contribution in [3.63, 3.8) is 0 Å². The molecule has 9 heteroatoms. The summed E-state index contributed by atoms with van der Waals surface area (Å²) in [4.78, 5) is 17.2. The van der Waals surface area contributed by atoms with E-state index in [1.807, 2.05) is 24.3 Å². The van der Waals surface area contributed by atoms with Crippen LogP contribution in [0.2, 0.25) is 0 Å². The lowest BCUT2D eigenvalue weighted by Gasteiger charge is -2.23. The lowest BCUT2D eigenvalue weighted by atomic mass is 10.2. The first-order valence-corrected chi connectivity index (χ1v) is 11.9. The number of carbonyl (C=O) groups excluding carboxylic acids is 1. The van der Waals surface area contributed by atoms with Crippen LogP contribution in [0, 0.1) is 18.3 Å². The summed E-state index contributed by atoms with van der Waals surface area (Å²) in [6.45, 7) is 5.18. The Bertz CT molecular complexity index is 1110. The van der Waals surface area contributed by atoms with Crippen LogP contribution in [0.25, 0.3) is 0 Å². The summed E-state index contributed by atoms with van der Waals surface area (Å²) in [6.07, 6.45) is 0.920.